The second kappa shape index (κ2) is 4.28. The molecule has 0 amide bonds. The fraction of sp³-hybridized carbons (Fsp3) is 0.357. The molecule has 1 aliphatic rings. The summed E-state index contributed by atoms with van der Waals surface area (Å²) in [5.41, 5.74) is 3.86. The summed E-state index contributed by atoms with van der Waals surface area (Å²) in [6, 6.07) is 2.10. The van der Waals surface area contributed by atoms with E-state index in [1.807, 2.05) is 20.0 Å². The highest BCUT2D eigenvalue weighted by Crippen LogP contribution is 2.33. The molecule has 18 heavy (non-hydrogen) atoms. The van der Waals surface area contributed by atoms with Gasteiger partial charge in [0.25, 0.3) is 0 Å². The first kappa shape index (κ1) is 11.5. The maximum Gasteiger partial charge on any atom is 0.182 e. The first-order chi connectivity index (χ1) is 8.65. The highest BCUT2D eigenvalue weighted by molar-refractivity contribution is 7.15. The molecule has 92 valence electrons. The third-order valence-corrected chi connectivity index (χ3v) is 4.31. The molecule has 2 aromatic rings. The fourth-order valence-electron chi connectivity index (χ4n) is 2.31. The number of fused-ring (bicyclic) bond motifs is 1. The van der Waals surface area contributed by atoms with Crippen molar-refractivity contribution in [2.45, 2.75) is 33.1 Å². The van der Waals surface area contributed by atoms with Crippen molar-refractivity contribution in [2.75, 3.05) is 0 Å². The molecule has 0 aromatic carbocycles. The number of aromatic nitrogens is 2. The topological polar surface area (TPSA) is 42.9 Å². The number of thiazole rings is 1. The number of carbonyl (C=O) groups is 1. The van der Waals surface area contributed by atoms with Crippen LogP contribution in [0.2, 0.25) is 0 Å². The molecule has 0 spiro atoms. The van der Waals surface area contributed by atoms with E-state index < -0.39 is 0 Å². The highest BCUT2D eigenvalue weighted by Gasteiger charge is 2.23. The lowest BCUT2D eigenvalue weighted by Crippen LogP contribution is -2.08. The van der Waals surface area contributed by atoms with Crippen LogP contribution >= 0.6 is 11.3 Å². The first-order valence-corrected chi connectivity index (χ1v) is 6.93. The van der Waals surface area contributed by atoms with Crippen LogP contribution in [-0.2, 0) is 6.42 Å². The van der Waals surface area contributed by atoms with Crippen LogP contribution in [0.15, 0.2) is 12.3 Å². The number of aryl methyl sites for hydroxylation is 3. The number of rotatable bonds is 1. The van der Waals surface area contributed by atoms with Crippen LogP contribution in [-0.4, -0.2) is 15.8 Å². The molecule has 0 aliphatic heterocycles. The van der Waals surface area contributed by atoms with E-state index in [4.69, 9.17) is 0 Å². The molecule has 0 bridgehead atoms. The van der Waals surface area contributed by atoms with Crippen LogP contribution in [0.3, 0.4) is 0 Å². The van der Waals surface area contributed by atoms with Crippen molar-refractivity contribution in [1.82, 2.24) is 9.97 Å². The Morgan fingerprint density at radius 2 is 2.06 bits per heavy atom. The van der Waals surface area contributed by atoms with Gasteiger partial charge in [0.15, 0.2) is 5.78 Å². The zero-order valence-electron chi connectivity index (χ0n) is 10.5. The van der Waals surface area contributed by atoms with Crippen molar-refractivity contribution in [1.29, 1.82) is 0 Å². The average molecular weight is 258 g/mol. The Bertz CT molecular complexity index is 631. The van der Waals surface area contributed by atoms with Crippen molar-refractivity contribution >= 4 is 17.1 Å². The molecule has 2 heterocycles. The maximum atomic E-state index is 11.8. The number of hydrogen-bond acceptors (Lipinski definition) is 4. The summed E-state index contributed by atoms with van der Waals surface area (Å²) in [6.45, 7) is 4.07. The fourth-order valence-corrected chi connectivity index (χ4v) is 3.49. The molecule has 0 unspecified atom stereocenters. The lowest BCUT2D eigenvalue weighted by Gasteiger charge is -2.06. The van der Waals surface area contributed by atoms with Gasteiger partial charge in [-0.05, 0) is 37.8 Å². The van der Waals surface area contributed by atoms with Crippen LogP contribution < -0.4 is 0 Å². The maximum absolute atomic E-state index is 11.8. The van der Waals surface area contributed by atoms with E-state index >= 15 is 0 Å². The zero-order chi connectivity index (χ0) is 12.7. The number of hydrogen-bond donors (Lipinski definition) is 0. The van der Waals surface area contributed by atoms with Crippen molar-refractivity contribution in [2.24, 2.45) is 0 Å². The minimum absolute atomic E-state index is 0.184. The van der Waals surface area contributed by atoms with Gasteiger partial charge in [0.1, 0.15) is 16.4 Å². The van der Waals surface area contributed by atoms with Crippen LogP contribution in [0.1, 0.15) is 39.3 Å². The predicted molar refractivity (Wildman–Crippen MR) is 72.1 cm³/mol. The van der Waals surface area contributed by atoms with Crippen molar-refractivity contribution in [3.63, 3.8) is 0 Å². The Labute approximate surface area is 110 Å². The predicted octanol–water partition coefficient (Wildman–Crippen LogP) is 3.34. The summed E-state index contributed by atoms with van der Waals surface area (Å²) in [7, 11) is 0. The highest BCUT2D eigenvalue weighted by atomic mass is 32.1. The number of pyridine rings is 1. The summed E-state index contributed by atoms with van der Waals surface area (Å²) >= 11 is 1.62. The minimum Gasteiger partial charge on any atom is -0.292 e. The van der Waals surface area contributed by atoms with Gasteiger partial charge in [-0.15, -0.1) is 11.3 Å². The van der Waals surface area contributed by atoms with E-state index in [9.17, 15) is 4.79 Å². The monoisotopic (exact) mass is 258 g/mol. The molecule has 0 saturated heterocycles. The van der Waals surface area contributed by atoms with Crippen molar-refractivity contribution < 1.29 is 4.79 Å². The molecule has 0 radical (unpaired) electrons. The minimum atomic E-state index is 0.184. The number of nitrogens with zero attached hydrogens (tertiary/aromatic N) is 2. The Morgan fingerprint density at radius 1 is 1.22 bits per heavy atom. The molecule has 0 N–H and O–H groups in total. The van der Waals surface area contributed by atoms with E-state index in [0.717, 1.165) is 39.5 Å². The Morgan fingerprint density at radius 3 is 2.78 bits per heavy atom. The van der Waals surface area contributed by atoms with E-state index in [1.165, 1.54) is 0 Å². The summed E-state index contributed by atoms with van der Waals surface area (Å²) < 4.78 is 0. The van der Waals surface area contributed by atoms with Gasteiger partial charge in [-0.25, -0.2) is 4.98 Å². The quantitative estimate of drug-likeness (QED) is 0.788. The van der Waals surface area contributed by atoms with Crippen LogP contribution in [0, 0.1) is 13.8 Å². The van der Waals surface area contributed by atoms with E-state index in [2.05, 4.69) is 16.0 Å². The Hall–Kier alpha value is -1.55. The van der Waals surface area contributed by atoms with Gasteiger partial charge >= 0.3 is 0 Å². The molecule has 0 atom stereocenters. The van der Waals surface area contributed by atoms with Gasteiger partial charge in [-0.3, -0.25) is 9.78 Å². The van der Waals surface area contributed by atoms with Crippen molar-refractivity contribution in [3.05, 3.63) is 34.0 Å². The lowest BCUT2D eigenvalue weighted by atomic mass is 10.0. The molecule has 3 nitrogen and oxygen atoms in total. The Kier molecular flexibility index (Phi) is 2.74. The van der Waals surface area contributed by atoms with Gasteiger partial charge < -0.3 is 0 Å². The molecule has 4 heteroatoms. The number of Topliss-reactive ketones (excluding diaryl/α,β-unsaturated/α-hetero) is 1. The average Bonchev–Trinajstić information content (AvgIpc) is 2.74. The van der Waals surface area contributed by atoms with Crippen molar-refractivity contribution in [3.8, 4) is 10.7 Å². The second-order valence-corrected chi connectivity index (χ2v) is 5.83. The standard InChI is InChI=1S/C14H14N2OS/c1-8-6-9(2)12(15-7-8)14-16-13-10(17)4-3-5-11(13)18-14/h6-7H,3-5H2,1-2H3. The summed E-state index contributed by atoms with van der Waals surface area (Å²) in [5, 5.41) is 0.882. The largest absolute Gasteiger partial charge is 0.292 e. The Balaban J connectivity index is 2.10. The number of carbonyl (C=O) groups excluding carboxylic acids is 1. The third kappa shape index (κ3) is 1.86. The van der Waals surface area contributed by atoms with Gasteiger partial charge in [-0.2, -0.15) is 0 Å². The van der Waals surface area contributed by atoms with E-state index in [-0.39, 0.29) is 5.78 Å². The molecular formula is C14H14N2OS. The SMILES string of the molecule is Cc1cnc(-c2nc3c(s2)CCCC3=O)c(C)c1. The van der Waals surface area contributed by atoms with Gasteiger partial charge in [0.2, 0.25) is 0 Å². The van der Waals surface area contributed by atoms with E-state index in [0.29, 0.717) is 12.1 Å². The van der Waals surface area contributed by atoms with Gasteiger partial charge in [0.05, 0.1) is 0 Å². The molecule has 0 saturated carbocycles. The lowest BCUT2D eigenvalue weighted by molar-refractivity contribution is 0.0968. The van der Waals surface area contributed by atoms with Gasteiger partial charge in [0, 0.05) is 17.5 Å². The van der Waals surface area contributed by atoms with E-state index in [1.54, 1.807) is 11.3 Å². The molecule has 0 fully saturated rings. The third-order valence-electron chi connectivity index (χ3n) is 3.19. The smallest absolute Gasteiger partial charge is 0.182 e. The van der Waals surface area contributed by atoms with Crippen LogP contribution in [0.4, 0.5) is 0 Å². The molecular weight excluding hydrogens is 244 g/mol. The molecule has 1 aliphatic carbocycles. The second-order valence-electron chi connectivity index (χ2n) is 4.75. The summed E-state index contributed by atoms with van der Waals surface area (Å²) in [6.07, 6.45) is 4.42. The summed E-state index contributed by atoms with van der Waals surface area (Å²) in [5.74, 6) is 0.184. The normalized spacial score (nSPS) is 14.7. The first-order valence-electron chi connectivity index (χ1n) is 6.11. The summed E-state index contributed by atoms with van der Waals surface area (Å²) in [4.78, 5) is 21.9. The van der Waals surface area contributed by atoms with Crippen LogP contribution in [0.25, 0.3) is 10.7 Å². The molecule has 3 rings (SSSR count). The van der Waals surface area contributed by atoms with Gasteiger partial charge in [-0.1, -0.05) is 6.07 Å². The van der Waals surface area contributed by atoms with Crippen LogP contribution in [0.5, 0.6) is 0 Å². The molecule has 2 aromatic heterocycles. The number of ketones is 1. The zero-order valence-corrected chi connectivity index (χ0v) is 11.3.